The van der Waals surface area contributed by atoms with Gasteiger partial charge in [0.05, 0.1) is 23.6 Å². The zero-order chi connectivity index (χ0) is 18.5. The number of carbonyl (C=O) groups is 1. The summed E-state index contributed by atoms with van der Waals surface area (Å²) in [6, 6.07) is 14.1. The zero-order valence-electron chi connectivity index (χ0n) is 15.7. The highest BCUT2D eigenvalue weighted by molar-refractivity contribution is 6.02. The fourth-order valence-electron chi connectivity index (χ4n) is 4.42. The maximum absolute atomic E-state index is 13.1. The van der Waals surface area contributed by atoms with Crippen LogP contribution in [0.5, 0.6) is 5.75 Å². The Morgan fingerprint density at radius 1 is 1.22 bits per heavy atom. The molecule has 1 N–H and O–H groups in total. The van der Waals surface area contributed by atoms with Crippen molar-refractivity contribution >= 4 is 22.5 Å². The average molecular weight is 361 g/mol. The lowest BCUT2D eigenvalue weighted by Crippen LogP contribution is -2.51. The predicted octanol–water partition coefficient (Wildman–Crippen LogP) is 4.10. The van der Waals surface area contributed by atoms with Crippen LogP contribution >= 0.6 is 0 Å². The van der Waals surface area contributed by atoms with Crippen LogP contribution in [0.2, 0.25) is 0 Å². The highest BCUT2D eigenvalue weighted by Crippen LogP contribution is 2.43. The van der Waals surface area contributed by atoms with Crippen molar-refractivity contribution in [2.75, 3.05) is 25.1 Å². The van der Waals surface area contributed by atoms with Gasteiger partial charge in [-0.3, -0.25) is 4.79 Å². The fourth-order valence-corrected chi connectivity index (χ4v) is 4.42. The minimum absolute atomic E-state index is 0.0939. The van der Waals surface area contributed by atoms with Gasteiger partial charge in [-0.15, -0.1) is 0 Å². The number of nitrogens with one attached hydrogen (secondary N) is 1. The summed E-state index contributed by atoms with van der Waals surface area (Å²) in [5.74, 6) is 1.02. The van der Waals surface area contributed by atoms with Gasteiger partial charge in [-0.25, -0.2) is 0 Å². The second kappa shape index (κ2) is 6.05. The van der Waals surface area contributed by atoms with Gasteiger partial charge in [-0.1, -0.05) is 19.1 Å². The van der Waals surface area contributed by atoms with Gasteiger partial charge in [0, 0.05) is 24.5 Å². The quantitative estimate of drug-likeness (QED) is 0.764. The average Bonchev–Trinajstić information content (AvgIpc) is 3.08. The molecule has 2 aliphatic heterocycles. The first-order valence-corrected chi connectivity index (χ1v) is 9.59. The molecule has 0 fully saturated rings. The third-order valence-electron chi connectivity index (χ3n) is 5.68. The number of aromatic amines is 1. The number of fused-ring (bicyclic) bond motifs is 6. The maximum atomic E-state index is 13.1. The number of rotatable bonds is 3. The monoisotopic (exact) mass is 361 g/mol. The molecule has 1 atom stereocenters. The van der Waals surface area contributed by atoms with Gasteiger partial charge < -0.3 is 19.5 Å². The van der Waals surface area contributed by atoms with E-state index in [4.69, 9.17) is 4.74 Å². The van der Waals surface area contributed by atoms with E-state index in [0.717, 1.165) is 54.2 Å². The molecule has 138 valence electrons. The van der Waals surface area contributed by atoms with Crippen molar-refractivity contribution in [1.82, 2.24) is 9.88 Å². The lowest BCUT2D eigenvalue weighted by Gasteiger charge is -2.46. The Labute approximate surface area is 158 Å². The van der Waals surface area contributed by atoms with E-state index in [1.54, 1.807) is 0 Å². The number of amides is 1. The van der Waals surface area contributed by atoms with E-state index in [0.29, 0.717) is 0 Å². The molecule has 5 rings (SSSR count). The fraction of sp³-hybridized carbons (Fsp3) is 0.318. The molecule has 1 amide bonds. The van der Waals surface area contributed by atoms with Gasteiger partial charge in [0.1, 0.15) is 11.9 Å². The molecule has 0 radical (unpaired) electrons. The third kappa shape index (κ3) is 2.34. The number of para-hydroxylation sites is 1. The third-order valence-corrected chi connectivity index (χ3v) is 5.68. The van der Waals surface area contributed by atoms with E-state index in [9.17, 15) is 4.79 Å². The van der Waals surface area contributed by atoms with Crippen LogP contribution in [0.15, 0.2) is 42.5 Å². The normalized spacial score (nSPS) is 18.3. The van der Waals surface area contributed by atoms with E-state index in [1.165, 1.54) is 10.9 Å². The lowest BCUT2D eigenvalue weighted by molar-refractivity contribution is 0.0634. The minimum atomic E-state index is -0.0939. The van der Waals surface area contributed by atoms with Crippen molar-refractivity contribution in [3.63, 3.8) is 0 Å². The number of anilines is 1. The van der Waals surface area contributed by atoms with Crippen LogP contribution in [0, 0.1) is 0 Å². The number of benzene rings is 2. The molecule has 27 heavy (non-hydrogen) atoms. The summed E-state index contributed by atoms with van der Waals surface area (Å²) < 4.78 is 5.83. The highest BCUT2D eigenvalue weighted by Gasteiger charge is 2.41. The molecule has 0 aliphatic carbocycles. The summed E-state index contributed by atoms with van der Waals surface area (Å²) in [7, 11) is 2.07. The Bertz CT molecular complexity index is 1040. The van der Waals surface area contributed by atoms with Crippen molar-refractivity contribution in [1.29, 1.82) is 0 Å². The molecule has 0 bridgehead atoms. The summed E-state index contributed by atoms with van der Waals surface area (Å²) in [5, 5.41) is 1.21. The largest absolute Gasteiger partial charge is 0.494 e. The van der Waals surface area contributed by atoms with Crippen molar-refractivity contribution in [2.45, 2.75) is 25.9 Å². The first kappa shape index (κ1) is 16.2. The van der Waals surface area contributed by atoms with Gasteiger partial charge >= 0.3 is 0 Å². The zero-order valence-corrected chi connectivity index (χ0v) is 15.7. The number of ether oxygens (including phenoxy) is 1. The van der Waals surface area contributed by atoms with Crippen molar-refractivity contribution < 1.29 is 9.53 Å². The first-order valence-electron chi connectivity index (χ1n) is 9.59. The molecule has 0 spiro atoms. The van der Waals surface area contributed by atoms with Crippen LogP contribution in [-0.4, -0.2) is 36.0 Å². The molecule has 5 heteroatoms. The number of carbonyl (C=O) groups excluding carboxylic acids is 1. The maximum Gasteiger partial charge on any atom is 0.257 e. The number of nitrogens with zero attached hydrogens (tertiary/aromatic N) is 2. The smallest absolute Gasteiger partial charge is 0.257 e. The van der Waals surface area contributed by atoms with Crippen LogP contribution < -0.4 is 9.64 Å². The molecule has 1 aromatic heterocycles. The Morgan fingerprint density at radius 2 is 2.07 bits per heavy atom. The number of hydrogen-bond acceptors (Lipinski definition) is 3. The molecule has 1 unspecified atom stereocenters. The van der Waals surface area contributed by atoms with Gasteiger partial charge in [0.25, 0.3) is 5.91 Å². The summed E-state index contributed by atoms with van der Waals surface area (Å²) in [6.45, 7) is 3.56. The molecule has 5 nitrogen and oxygen atoms in total. The van der Waals surface area contributed by atoms with E-state index < -0.39 is 0 Å². The Hall–Kier alpha value is -2.95. The molecule has 3 aromatic rings. The summed E-state index contributed by atoms with van der Waals surface area (Å²) in [6.07, 6.45) is 1.75. The van der Waals surface area contributed by atoms with E-state index in [-0.39, 0.29) is 12.1 Å². The van der Waals surface area contributed by atoms with Crippen LogP contribution in [0.1, 0.15) is 41.1 Å². The lowest BCUT2D eigenvalue weighted by atomic mass is 9.96. The molecular weight excluding hydrogens is 338 g/mol. The van der Waals surface area contributed by atoms with Gasteiger partial charge in [0.2, 0.25) is 0 Å². The SMILES string of the molecule is CCCOc1ccc2[nH]c3c(c2c1)CCN1C(=O)c2ccccc2N(C)C31. The van der Waals surface area contributed by atoms with Crippen LogP contribution in [-0.2, 0) is 6.42 Å². The van der Waals surface area contributed by atoms with E-state index >= 15 is 0 Å². The second-order valence-corrected chi connectivity index (χ2v) is 7.32. The molecular formula is C22H23N3O2. The Balaban J connectivity index is 1.62. The standard InChI is InChI=1S/C22H23N3O2/c1-3-12-27-14-8-9-18-17(13-14)15-10-11-25-21(20(15)23-18)24(2)19-7-5-4-6-16(19)22(25)26/h4-9,13,21,23H,3,10-12H2,1-2H3. The highest BCUT2D eigenvalue weighted by atomic mass is 16.5. The van der Waals surface area contributed by atoms with Crippen molar-refractivity contribution in [2.24, 2.45) is 0 Å². The van der Waals surface area contributed by atoms with Gasteiger partial charge in [0.15, 0.2) is 0 Å². The minimum Gasteiger partial charge on any atom is -0.494 e. The van der Waals surface area contributed by atoms with Crippen molar-refractivity contribution in [3.05, 3.63) is 59.3 Å². The molecule has 0 saturated carbocycles. The second-order valence-electron chi connectivity index (χ2n) is 7.32. The number of aromatic nitrogens is 1. The summed E-state index contributed by atoms with van der Waals surface area (Å²) in [5.41, 5.74) is 5.29. The van der Waals surface area contributed by atoms with Crippen LogP contribution in [0.3, 0.4) is 0 Å². The topological polar surface area (TPSA) is 48.6 Å². The molecule has 3 heterocycles. The predicted molar refractivity (Wildman–Crippen MR) is 106 cm³/mol. The molecule has 0 saturated heterocycles. The van der Waals surface area contributed by atoms with Crippen LogP contribution in [0.4, 0.5) is 5.69 Å². The van der Waals surface area contributed by atoms with E-state index in [1.807, 2.05) is 35.2 Å². The van der Waals surface area contributed by atoms with Gasteiger partial charge in [-0.05, 0) is 48.7 Å². The number of H-pyrrole nitrogens is 1. The number of hydrogen-bond donors (Lipinski definition) is 1. The molecule has 2 aliphatic rings. The first-order chi connectivity index (χ1) is 13.2. The van der Waals surface area contributed by atoms with Gasteiger partial charge in [-0.2, -0.15) is 0 Å². The summed E-state index contributed by atoms with van der Waals surface area (Å²) >= 11 is 0. The van der Waals surface area contributed by atoms with E-state index in [2.05, 4.69) is 36.0 Å². The Kier molecular flexibility index (Phi) is 3.64. The Morgan fingerprint density at radius 3 is 2.93 bits per heavy atom. The van der Waals surface area contributed by atoms with Crippen LogP contribution in [0.25, 0.3) is 10.9 Å². The summed E-state index contributed by atoms with van der Waals surface area (Å²) in [4.78, 5) is 20.8. The molecule has 2 aromatic carbocycles. The van der Waals surface area contributed by atoms with Crippen molar-refractivity contribution in [3.8, 4) is 5.75 Å².